The number of hydrogen-bond acceptors (Lipinski definition) is 7. The van der Waals surface area contributed by atoms with Crippen LogP contribution in [-0.2, 0) is 11.3 Å². The first-order valence-corrected chi connectivity index (χ1v) is 6.54. The molecule has 4 N–H and O–H groups in total. The number of aromatic nitrogens is 2. The van der Waals surface area contributed by atoms with Crippen LogP contribution in [0.25, 0.3) is 0 Å². The van der Waals surface area contributed by atoms with Crippen LogP contribution >= 0.6 is 0 Å². The summed E-state index contributed by atoms with van der Waals surface area (Å²) < 4.78 is 5.30. The van der Waals surface area contributed by atoms with Gasteiger partial charge >= 0.3 is 0 Å². The van der Waals surface area contributed by atoms with Crippen molar-refractivity contribution in [3.8, 4) is 0 Å². The number of rotatable bonds is 9. The summed E-state index contributed by atoms with van der Waals surface area (Å²) in [5, 5.41) is 3.26. The third kappa shape index (κ3) is 5.82. The molecule has 0 atom stereocenters. The summed E-state index contributed by atoms with van der Waals surface area (Å²) >= 11 is 0. The highest BCUT2D eigenvalue weighted by Crippen LogP contribution is 2.10. The van der Waals surface area contributed by atoms with E-state index in [0.717, 1.165) is 25.5 Å². The normalized spacial score (nSPS) is 10.8. The SMILES string of the molecule is CCOCc1nc(NN)cc(NCCN(C)CC)n1. The van der Waals surface area contributed by atoms with Crippen LogP contribution < -0.4 is 16.6 Å². The van der Waals surface area contributed by atoms with Gasteiger partial charge in [0.05, 0.1) is 0 Å². The van der Waals surface area contributed by atoms with Crippen LogP contribution in [0.5, 0.6) is 0 Å². The van der Waals surface area contributed by atoms with E-state index in [1.807, 2.05) is 6.92 Å². The molecule has 0 saturated heterocycles. The second-order valence-electron chi connectivity index (χ2n) is 4.16. The summed E-state index contributed by atoms with van der Waals surface area (Å²) in [6.07, 6.45) is 0. The lowest BCUT2D eigenvalue weighted by Gasteiger charge is -2.15. The maximum Gasteiger partial charge on any atom is 0.158 e. The molecule has 7 nitrogen and oxygen atoms in total. The van der Waals surface area contributed by atoms with Crippen molar-refractivity contribution in [2.45, 2.75) is 20.5 Å². The van der Waals surface area contributed by atoms with E-state index in [-0.39, 0.29) is 0 Å². The standard InChI is InChI=1S/C12H24N6O/c1-4-18(3)7-6-14-10-8-11(17-13)16-12(15-10)9-19-5-2/h8H,4-7,9,13H2,1-3H3,(H2,14,15,16,17). The van der Waals surface area contributed by atoms with Crippen LogP contribution in [0.1, 0.15) is 19.7 Å². The lowest BCUT2D eigenvalue weighted by atomic mass is 10.4. The van der Waals surface area contributed by atoms with Crippen LogP contribution in [0.2, 0.25) is 0 Å². The number of nitrogens with one attached hydrogen (secondary N) is 2. The first-order chi connectivity index (χ1) is 9.19. The van der Waals surface area contributed by atoms with Gasteiger partial charge in [0.2, 0.25) is 0 Å². The number of hydrazine groups is 1. The van der Waals surface area contributed by atoms with E-state index in [9.17, 15) is 0 Å². The monoisotopic (exact) mass is 268 g/mol. The van der Waals surface area contributed by atoms with Gasteiger partial charge in [-0.3, -0.25) is 0 Å². The minimum atomic E-state index is 0.384. The Kier molecular flexibility index (Phi) is 7.09. The van der Waals surface area contributed by atoms with Crippen LogP contribution in [0, 0.1) is 0 Å². The highest BCUT2D eigenvalue weighted by Gasteiger charge is 2.04. The number of nitrogens with two attached hydrogens (primary N) is 1. The van der Waals surface area contributed by atoms with E-state index in [0.29, 0.717) is 24.9 Å². The second kappa shape index (κ2) is 8.63. The fourth-order valence-electron chi connectivity index (χ4n) is 1.45. The van der Waals surface area contributed by atoms with E-state index < -0.39 is 0 Å². The Morgan fingerprint density at radius 2 is 2.05 bits per heavy atom. The van der Waals surface area contributed by atoms with Gasteiger partial charge in [0.25, 0.3) is 0 Å². The van der Waals surface area contributed by atoms with Gasteiger partial charge in [0, 0.05) is 25.8 Å². The molecular weight excluding hydrogens is 244 g/mol. The van der Waals surface area contributed by atoms with Gasteiger partial charge in [-0.25, -0.2) is 15.8 Å². The molecule has 0 unspecified atom stereocenters. The zero-order chi connectivity index (χ0) is 14.1. The molecule has 0 aromatic carbocycles. The topological polar surface area (TPSA) is 88.3 Å². The number of likely N-dealkylation sites (N-methyl/N-ethyl adjacent to an activating group) is 1. The van der Waals surface area contributed by atoms with Crippen molar-refractivity contribution in [3.05, 3.63) is 11.9 Å². The smallest absolute Gasteiger partial charge is 0.158 e. The van der Waals surface area contributed by atoms with E-state index in [4.69, 9.17) is 10.6 Å². The Labute approximate surface area is 114 Å². The lowest BCUT2D eigenvalue weighted by molar-refractivity contribution is 0.128. The molecule has 0 bridgehead atoms. The molecule has 1 aromatic rings. The third-order valence-electron chi connectivity index (χ3n) is 2.70. The van der Waals surface area contributed by atoms with Crippen molar-refractivity contribution in [3.63, 3.8) is 0 Å². The van der Waals surface area contributed by atoms with Gasteiger partial charge in [-0.05, 0) is 20.5 Å². The summed E-state index contributed by atoms with van der Waals surface area (Å²) in [4.78, 5) is 10.8. The van der Waals surface area contributed by atoms with E-state index in [1.165, 1.54) is 0 Å². The molecule has 0 aliphatic carbocycles. The molecule has 0 aliphatic heterocycles. The first-order valence-electron chi connectivity index (χ1n) is 6.54. The maximum absolute atomic E-state index is 5.40. The van der Waals surface area contributed by atoms with Crippen LogP contribution in [0.15, 0.2) is 6.07 Å². The minimum Gasteiger partial charge on any atom is -0.374 e. The van der Waals surface area contributed by atoms with Gasteiger partial charge < -0.3 is 20.4 Å². The Bertz CT molecular complexity index is 373. The van der Waals surface area contributed by atoms with Crippen molar-refractivity contribution in [2.75, 3.05) is 44.0 Å². The summed E-state index contributed by atoms with van der Waals surface area (Å²) in [7, 11) is 2.08. The molecule has 1 heterocycles. The first kappa shape index (κ1) is 15.6. The summed E-state index contributed by atoms with van der Waals surface area (Å²) in [5.74, 6) is 7.34. The van der Waals surface area contributed by atoms with Gasteiger partial charge in [0.15, 0.2) is 5.82 Å². The molecule has 0 fully saturated rings. The van der Waals surface area contributed by atoms with Crippen molar-refractivity contribution < 1.29 is 4.74 Å². The molecule has 0 saturated carbocycles. The van der Waals surface area contributed by atoms with Gasteiger partial charge in [0.1, 0.15) is 18.2 Å². The average Bonchev–Trinajstić information content (AvgIpc) is 2.44. The van der Waals surface area contributed by atoms with E-state index in [1.54, 1.807) is 6.07 Å². The number of ether oxygens (including phenoxy) is 1. The predicted octanol–water partition coefficient (Wildman–Crippen LogP) is 0.662. The van der Waals surface area contributed by atoms with Gasteiger partial charge in [-0.2, -0.15) is 0 Å². The van der Waals surface area contributed by atoms with Gasteiger partial charge in [-0.15, -0.1) is 0 Å². The Morgan fingerprint density at radius 1 is 1.32 bits per heavy atom. The Balaban J connectivity index is 2.60. The minimum absolute atomic E-state index is 0.384. The molecule has 1 aromatic heterocycles. The van der Waals surface area contributed by atoms with Crippen molar-refractivity contribution in [1.29, 1.82) is 0 Å². The number of nitrogen functional groups attached to an aromatic ring is 1. The fourth-order valence-corrected chi connectivity index (χ4v) is 1.45. The average molecular weight is 268 g/mol. The Hall–Kier alpha value is -1.44. The molecule has 7 heteroatoms. The summed E-state index contributed by atoms with van der Waals surface area (Å²) in [6, 6.07) is 1.78. The molecule has 0 amide bonds. The van der Waals surface area contributed by atoms with Crippen LogP contribution in [0.3, 0.4) is 0 Å². The van der Waals surface area contributed by atoms with Crippen molar-refractivity contribution >= 4 is 11.6 Å². The molecule has 0 radical (unpaired) electrons. The molecule has 0 spiro atoms. The third-order valence-corrected chi connectivity index (χ3v) is 2.70. The zero-order valence-corrected chi connectivity index (χ0v) is 11.9. The van der Waals surface area contributed by atoms with E-state index in [2.05, 4.69) is 39.6 Å². The van der Waals surface area contributed by atoms with Crippen molar-refractivity contribution in [2.24, 2.45) is 5.84 Å². The van der Waals surface area contributed by atoms with E-state index >= 15 is 0 Å². The number of nitrogens with zero attached hydrogens (tertiary/aromatic N) is 3. The number of anilines is 2. The summed E-state index contributed by atoms with van der Waals surface area (Å²) in [6.45, 7) is 7.87. The van der Waals surface area contributed by atoms with Crippen LogP contribution in [-0.4, -0.2) is 48.2 Å². The predicted molar refractivity (Wildman–Crippen MR) is 76.8 cm³/mol. The van der Waals surface area contributed by atoms with Crippen molar-refractivity contribution in [1.82, 2.24) is 14.9 Å². The second-order valence-corrected chi connectivity index (χ2v) is 4.16. The maximum atomic E-state index is 5.40. The van der Waals surface area contributed by atoms with Crippen LogP contribution in [0.4, 0.5) is 11.6 Å². The molecular formula is C12H24N6O. The Morgan fingerprint density at radius 3 is 2.68 bits per heavy atom. The molecule has 19 heavy (non-hydrogen) atoms. The number of hydrogen-bond donors (Lipinski definition) is 3. The largest absolute Gasteiger partial charge is 0.374 e. The molecule has 108 valence electrons. The highest BCUT2D eigenvalue weighted by molar-refractivity contribution is 5.46. The lowest BCUT2D eigenvalue weighted by Crippen LogP contribution is -2.25. The quantitative estimate of drug-likeness (QED) is 0.448. The van der Waals surface area contributed by atoms with Gasteiger partial charge in [-0.1, -0.05) is 6.92 Å². The molecule has 0 aliphatic rings. The fraction of sp³-hybridized carbons (Fsp3) is 0.667. The zero-order valence-electron chi connectivity index (χ0n) is 11.9. The summed E-state index contributed by atoms with van der Waals surface area (Å²) in [5.41, 5.74) is 2.54. The highest BCUT2D eigenvalue weighted by atomic mass is 16.5. The molecule has 1 rings (SSSR count).